The molecule has 0 bridgehead atoms. The molecule has 2 N–H and O–H groups in total. The van der Waals surface area contributed by atoms with Gasteiger partial charge in [0, 0.05) is 25.2 Å². The van der Waals surface area contributed by atoms with Crippen molar-refractivity contribution in [2.45, 2.75) is 50.8 Å². The van der Waals surface area contributed by atoms with Crippen LogP contribution in [-0.2, 0) is 4.74 Å². The van der Waals surface area contributed by atoms with Crippen LogP contribution < -0.4 is 5.73 Å². The van der Waals surface area contributed by atoms with Crippen molar-refractivity contribution in [3.05, 3.63) is 0 Å². The van der Waals surface area contributed by atoms with Crippen molar-refractivity contribution in [3.8, 4) is 0 Å². The third-order valence-corrected chi connectivity index (χ3v) is 3.48. The van der Waals surface area contributed by atoms with Gasteiger partial charge in [0.05, 0.1) is 6.10 Å². The average molecular weight is 198 g/mol. The highest BCUT2D eigenvalue weighted by molar-refractivity contribution is 4.91. The molecule has 0 aromatic carbocycles. The molecule has 0 aromatic heterocycles. The molecule has 14 heavy (non-hydrogen) atoms. The van der Waals surface area contributed by atoms with E-state index >= 15 is 0 Å². The van der Waals surface area contributed by atoms with E-state index in [4.69, 9.17) is 10.5 Å². The maximum Gasteiger partial charge on any atom is 0.0604 e. The van der Waals surface area contributed by atoms with Gasteiger partial charge in [-0.05, 0) is 39.2 Å². The van der Waals surface area contributed by atoms with Gasteiger partial charge in [0.15, 0.2) is 0 Å². The van der Waals surface area contributed by atoms with Crippen molar-refractivity contribution in [2.75, 3.05) is 19.7 Å². The van der Waals surface area contributed by atoms with Gasteiger partial charge in [-0.2, -0.15) is 0 Å². The van der Waals surface area contributed by atoms with E-state index in [1.165, 1.54) is 32.2 Å². The minimum absolute atomic E-state index is 0.412. The number of piperidine rings is 1. The minimum Gasteiger partial charge on any atom is -0.378 e. The van der Waals surface area contributed by atoms with Crippen LogP contribution in [0.2, 0.25) is 0 Å². The van der Waals surface area contributed by atoms with Crippen molar-refractivity contribution in [1.82, 2.24) is 4.90 Å². The molecule has 1 unspecified atom stereocenters. The smallest absolute Gasteiger partial charge is 0.0604 e. The first-order valence-corrected chi connectivity index (χ1v) is 5.90. The first kappa shape index (κ1) is 10.4. The highest BCUT2D eigenvalue weighted by Crippen LogP contribution is 2.29. The molecule has 82 valence electrons. The fourth-order valence-electron chi connectivity index (χ4n) is 2.58. The number of nitrogens with two attached hydrogens (primary N) is 1. The molecular weight excluding hydrogens is 176 g/mol. The molecule has 1 saturated heterocycles. The van der Waals surface area contributed by atoms with Crippen LogP contribution in [0.1, 0.15) is 32.6 Å². The molecule has 3 nitrogen and oxygen atoms in total. The quantitative estimate of drug-likeness (QED) is 0.734. The lowest BCUT2D eigenvalue weighted by atomic mass is 9.86. The summed E-state index contributed by atoms with van der Waals surface area (Å²) >= 11 is 0. The fraction of sp³-hybridized carbons (Fsp3) is 1.00. The van der Waals surface area contributed by atoms with Gasteiger partial charge in [0.25, 0.3) is 0 Å². The lowest BCUT2D eigenvalue weighted by Crippen LogP contribution is -2.54. The van der Waals surface area contributed by atoms with Gasteiger partial charge >= 0.3 is 0 Å². The van der Waals surface area contributed by atoms with Crippen LogP contribution in [0, 0.1) is 0 Å². The predicted octanol–water partition coefficient (Wildman–Crippen LogP) is 0.977. The van der Waals surface area contributed by atoms with Gasteiger partial charge in [-0.1, -0.05) is 0 Å². The van der Waals surface area contributed by atoms with E-state index in [1.54, 1.807) is 0 Å². The Morgan fingerprint density at radius 1 is 1.43 bits per heavy atom. The summed E-state index contributed by atoms with van der Waals surface area (Å²) in [6.07, 6.45) is 5.46. The molecule has 1 aliphatic heterocycles. The van der Waals surface area contributed by atoms with E-state index < -0.39 is 0 Å². The van der Waals surface area contributed by atoms with Gasteiger partial charge in [-0.3, -0.25) is 4.90 Å². The van der Waals surface area contributed by atoms with Gasteiger partial charge in [0.2, 0.25) is 0 Å². The fourth-order valence-corrected chi connectivity index (χ4v) is 2.58. The van der Waals surface area contributed by atoms with Crippen molar-refractivity contribution in [1.29, 1.82) is 0 Å². The highest BCUT2D eigenvalue weighted by atomic mass is 16.5. The third-order valence-electron chi connectivity index (χ3n) is 3.48. The zero-order valence-corrected chi connectivity index (χ0v) is 9.11. The summed E-state index contributed by atoms with van der Waals surface area (Å²) in [7, 11) is 0. The van der Waals surface area contributed by atoms with Crippen LogP contribution >= 0.6 is 0 Å². The van der Waals surface area contributed by atoms with E-state index in [1.807, 2.05) is 0 Å². The third kappa shape index (κ3) is 2.27. The summed E-state index contributed by atoms with van der Waals surface area (Å²) in [4.78, 5) is 2.56. The number of likely N-dealkylation sites (tertiary alicyclic amines) is 1. The zero-order valence-electron chi connectivity index (χ0n) is 9.11. The lowest BCUT2D eigenvalue weighted by molar-refractivity contribution is -0.0518. The Kier molecular flexibility index (Phi) is 3.42. The molecule has 2 fully saturated rings. The topological polar surface area (TPSA) is 38.5 Å². The molecule has 0 amide bonds. The van der Waals surface area contributed by atoms with Gasteiger partial charge in [0.1, 0.15) is 0 Å². The molecule has 1 aliphatic carbocycles. The minimum atomic E-state index is 0.412. The van der Waals surface area contributed by atoms with Crippen LogP contribution in [0.15, 0.2) is 0 Å². The Labute approximate surface area is 86.6 Å². The monoisotopic (exact) mass is 198 g/mol. The summed E-state index contributed by atoms with van der Waals surface area (Å²) in [5, 5.41) is 0. The first-order chi connectivity index (χ1) is 6.79. The van der Waals surface area contributed by atoms with Crippen LogP contribution in [-0.4, -0.2) is 42.8 Å². The number of hydrogen-bond donors (Lipinski definition) is 1. The molecular formula is C11H22N2O. The average Bonchev–Trinajstić information content (AvgIpc) is 2.10. The van der Waals surface area contributed by atoms with E-state index in [9.17, 15) is 0 Å². The lowest BCUT2D eigenvalue weighted by Gasteiger charge is -2.45. The van der Waals surface area contributed by atoms with Crippen molar-refractivity contribution in [3.63, 3.8) is 0 Å². The maximum absolute atomic E-state index is 5.96. The van der Waals surface area contributed by atoms with Gasteiger partial charge in [-0.25, -0.2) is 0 Å². The number of rotatable bonds is 3. The molecule has 2 rings (SSSR count). The van der Waals surface area contributed by atoms with E-state index in [-0.39, 0.29) is 0 Å². The summed E-state index contributed by atoms with van der Waals surface area (Å²) in [5.74, 6) is 0. The Hall–Kier alpha value is -0.120. The highest BCUT2D eigenvalue weighted by Gasteiger charge is 2.35. The van der Waals surface area contributed by atoms with Crippen molar-refractivity contribution >= 4 is 0 Å². The van der Waals surface area contributed by atoms with Gasteiger partial charge < -0.3 is 10.5 Å². The Bertz CT molecular complexity index is 180. The predicted molar refractivity (Wildman–Crippen MR) is 57.2 cm³/mol. The second-order valence-electron chi connectivity index (χ2n) is 4.60. The number of hydrogen-bond acceptors (Lipinski definition) is 3. The summed E-state index contributed by atoms with van der Waals surface area (Å²) < 4.78 is 5.57. The molecule has 2 aliphatic rings. The van der Waals surface area contributed by atoms with Crippen molar-refractivity contribution in [2.24, 2.45) is 5.73 Å². The molecule has 1 heterocycles. The molecule has 0 radical (unpaired) electrons. The second-order valence-corrected chi connectivity index (χ2v) is 4.60. The Morgan fingerprint density at radius 2 is 2.21 bits per heavy atom. The first-order valence-electron chi connectivity index (χ1n) is 5.90. The van der Waals surface area contributed by atoms with E-state index in [0.29, 0.717) is 12.1 Å². The summed E-state index contributed by atoms with van der Waals surface area (Å²) in [5.41, 5.74) is 5.96. The van der Waals surface area contributed by atoms with Gasteiger partial charge in [-0.15, -0.1) is 0 Å². The SMILES string of the molecule is CCOC1CC(N2CCCC(N)C2)C1. The molecule has 3 heteroatoms. The van der Waals surface area contributed by atoms with E-state index in [2.05, 4.69) is 11.8 Å². The summed E-state index contributed by atoms with van der Waals surface area (Å²) in [6.45, 7) is 5.28. The molecule has 0 spiro atoms. The number of nitrogens with zero attached hydrogens (tertiary/aromatic N) is 1. The summed E-state index contributed by atoms with van der Waals surface area (Å²) in [6, 6.07) is 1.17. The van der Waals surface area contributed by atoms with Crippen LogP contribution in [0.3, 0.4) is 0 Å². The second kappa shape index (κ2) is 4.60. The largest absolute Gasteiger partial charge is 0.378 e. The molecule has 1 saturated carbocycles. The van der Waals surface area contributed by atoms with Crippen molar-refractivity contribution < 1.29 is 4.74 Å². The zero-order chi connectivity index (χ0) is 9.97. The van der Waals surface area contributed by atoms with E-state index in [0.717, 1.165) is 19.2 Å². The molecule has 1 atom stereocenters. The Morgan fingerprint density at radius 3 is 2.86 bits per heavy atom. The van der Waals surface area contributed by atoms with Crippen LogP contribution in [0.25, 0.3) is 0 Å². The van der Waals surface area contributed by atoms with Crippen LogP contribution in [0.4, 0.5) is 0 Å². The normalized spacial score (nSPS) is 39.4. The van der Waals surface area contributed by atoms with Crippen LogP contribution in [0.5, 0.6) is 0 Å². The Balaban J connectivity index is 1.70. The maximum atomic E-state index is 5.96. The molecule has 0 aromatic rings. The standard InChI is InChI=1S/C11H22N2O/c1-2-14-11-6-10(7-11)13-5-3-4-9(12)8-13/h9-11H,2-8,12H2,1H3. The number of ether oxygens (including phenoxy) is 1.